The second-order valence-corrected chi connectivity index (χ2v) is 15.6. The molecule has 0 bridgehead atoms. The summed E-state index contributed by atoms with van der Waals surface area (Å²) in [6.07, 6.45) is 3.89. The van der Waals surface area contributed by atoms with Crippen LogP contribution < -0.4 is 49.3 Å². The molecule has 0 saturated carbocycles. The zero-order valence-electron chi connectivity index (χ0n) is 27.6. The molecule has 0 aliphatic heterocycles. The molecule has 0 radical (unpaired) electrons. The van der Waals surface area contributed by atoms with Crippen molar-refractivity contribution in [3.63, 3.8) is 0 Å². The molecule has 12 heteroatoms. The van der Waals surface area contributed by atoms with Gasteiger partial charge in [0.25, 0.3) is 0 Å². The second-order valence-electron chi connectivity index (χ2n) is 10.9. The van der Waals surface area contributed by atoms with Gasteiger partial charge in [0.1, 0.15) is 41.8 Å². The Morgan fingerprint density at radius 3 is 1.92 bits per heavy atom. The highest BCUT2D eigenvalue weighted by Crippen LogP contribution is 2.55. The van der Waals surface area contributed by atoms with Gasteiger partial charge < -0.3 is 42.8 Å². The summed E-state index contributed by atoms with van der Waals surface area (Å²) in [7, 11) is -0.657. The average Bonchev–Trinajstić information content (AvgIpc) is 3.11. The minimum atomic E-state index is -1.89. The van der Waals surface area contributed by atoms with Gasteiger partial charge in [-0.1, -0.05) is 60.0 Å². The van der Waals surface area contributed by atoms with Crippen LogP contribution in [0.2, 0.25) is 0 Å². The van der Waals surface area contributed by atoms with Crippen molar-refractivity contribution in [1.82, 2.24) is 10.6 Å². The predicted molar refractivity (Wildman–Crippen MR) is 195 cm³/mol. The molecule has 0 spiro atoms. The van der Waals surface area contributed by atoms with Gasteiger partial charge in [0, 0.05) is 12.2 Å². The summed E-state index contributed by atoms with van der Waals surface area (Å²) in [6, 6.07) is 30.6. The number of amides is 2. The number of unbranched alkanes of at least 4 members (excludes halogenated alkanes) is 2. The maximum atomic E-state index is 12.9. The van der Waals surface area contributed by atoms with Gasteiger partial charge in [-0.05, 0) is 69.0 Å². The summed E-state index contributed by atoms with van der Waals surface area (Å²) in [5.74, 6) is -1.73. The number of methoxy groups -OCH3 is 1. The highest BCUT2D eigenvalue weighted by atomic mass is 79.9. The molecule has 3 rings (SSSR count). The van der Waals surface area contributed by atoms with E-state index in [4.69, 9.17) is 10.5 Å². The zero-order chi connectivity index (χ0) is 33.9. The third-order valence-corrected chi connectivity index (χ3v) is 13.3. The molecule has 0 aliphatic carbocycles. The third-order valence-electron chi connectivity index (χ3n) is 7.64. The molecule has 260 valence electrons. The van der Waals surface area contributed by atoms with Crippen molar-refractivity contribution in [2.75, 3.05) is 32.2 Å². The highest BCUT2D eigenvalue weighted by Gasteiger charge is 2.44. The number of nitrogens with one attached hydrogen (secondary N) is 2. The molecule has 48 heavy (non-hydrogen) atoms. The first-order valence-corrected chi connectivity index (χ1v) is 19.0. The van der Waals surface area contributed by atoms with Crippen LogP contribution in [0.4, 0.5) is 0 Å². The number of thiol groups is 1. The lowest BCUT2D eigenvalue weighted by molar-refractivity contribution is -0.143. The molecule has 0 heterocycles. The minimum Gasteiger partial charge on any atom is -1.00 e. The van der Waals surface area contributed by atoms with E-state index in [2.05, 4.69) is 112 Å². The number of hydrogen-bond acceptors (Lipinski definition) is 7. The summed E-state index contributed by atoms with van der Waals surface area (Å²) >= 11 is 0.879. The van der Waals surface area contributed by atoms with Gasteiger partial charge >= 0.3 is 11.9 Å². The highest BCUT2D eigenvalue weighted by molar-refractivity contribution is 7.97. The largest absolute Gasteiger partial charge is 1.00 e. The maximum Gasteiger partial charge on any atom is 0.325 e. The van der Waals surface area contributed by atoms with Crippen LogP contribution in [-0.2, 0) is 28.7 Å². The molecule has 0 unspecified atom stereocenters. The normalized spacial score (nSPS) is 12.5. The summed E-state index contributed by atoms with van der Waals surface area (Å²) in [5, 5.41) is 11.5. The van der Waals surface area contributed by atoms with Gasteiger partial charge in [-0.25, -0.2) is 11.4 Å². The topological polar surface area (TPSA) is 137 Å². The lowest BCUT2D eigenvalue weighted by Crippen LogP contribution is -3.00. The molecule has 0 aromatic heterocycles. The Morgan fingerprint density at radius 1 is 0.875 bits per heavy atom. The standard InChI is InChI=1S/C36H46N3O6PS.BrH/c1-3-45-34(41)26-38-35(42)32(39-33(40)23-22-31(37)36(43)44-2)27-47-25-15-7-14-24-46(28-16-8-4-9-17-28,29-18-10-5-11-19-29)30-20-12-6-13-21-30;/h4-6,8-13,16-21,25,31-32,47H,3,7,14-15,22-24,26-27,37H2,1-2H3,(H-,38,39,40,42);1H/t31-,32-;/m0./s1. The van der Waals surface area contributed by atoms with Crippen molar-refractivity contribution >= 4 is 63.6 Å². The van der Waals surface area contributed by atoms with E-state index in [9.17, 15) is 19.2 Å². The van der Waals surface area contributed by atoms with Crippen molar-refractivity contribution in [3.05, 3.63) is 91.0 Å². The van der Waals surface area contributed by atoms with E-state index in [0.29, 0.717) is 5.75 Å². The third kappa shape index (κ3) is 12.6. The van der Waals surface area contributed by atoms with E-state index in [-0.39, 0.29) is 43.0 Å². The molecule has 9 nitrogen and oxygen atoms in total. The fourth-order valence-electron chi connectivity index (χ4n) is 5.25. The summed E-state index contributed by atoms with van der Waals surface area (Å²) in [6.45, 7) is 1.60. The number of hydrogen-bond donors (Lipinski definition) is 4. The lowest BCUT2D eigenvalue weighted by Gasteiger charge is -2.27. The average molecular weight is 761 g/mol. The molecule has 0 fully saturated rings. The van der Waals surface area contributed by atoms with Crippen LogP contribution in [0.5, 0.6) is 0 Å². The molecule has 2 amide bonds. The molecule has 0 saturated heterocycles. The fraction of sp³-hybridized carbons (Fsp3) is 0.361. The van der Waals surface area contributed by atoms with Crippen LogP contribution in [-0.4, -0.2) is 73.4 Å². The van der Waals surface area contributed by atoms with Crippen molar-refractivity contribution in [2.45, 2.75) is 51.1 Å². The van der Waals surface area contributed by atoms with Crippen LogP contribution in [0.15, 0.2) is 91.0 Å². The summed E-state index contributed by atoms with van der Waals surface area (Å²) in [4.78, 5) is 48.9. The summed E-state index contributed by atoms with van der Waals surface area (Å²) in [5.41, 5.74) is 5.75. The number of halogens is 1. The first-order valence-electron chi connectivity index (χ1n) is 15.9. The molecule has 2 atom stereocenters. The van der Waals surface area contributed by atoms with E-state index >= 15 is 0 Å². The van der Waals surface area contributed by atoms with Crippen LogP contribution in [0.3, 0.4) is 0 Å². The fourth-order valence-corrected chi connectivity index (χ4v) is 10.6. The Morgan fingerprint density at radius 2 is 1.42 bits per heavy atom. The Bertz CT molecular complexity index is 1350. The van der Waals surface area contributed by atoms with E-state index in [1.54, 1.807) is 6.92 Å². The number of carbonyl (C=O) groups is 4. The summed E-state index contributed by atoms with van der Waals surface area (Å²) < 4.78 is 9.50. The maximum absolute atomic E-state index is 12.9. The van der Waals surface area contributed by atoms with Crippen molar-refractivity contribution < 1.29 is 45.6 Å². The van der Waals surface area contributed by atoms with Gasteiger partial charge in [0.2, 0.25) is 11.8 Å². The van der Waals surface area contributed by atoms with E-state index in [1.807, 2.05) is 0 Å². The lowest BCUT2D eigenvalue weighted by atomic mass is 10.1. The van der Waals surface area contributed by atoms with Crippen molar-refractivity contribution in [3.8, 4) is 0 Å². The first kappa shape index (κ1) is 40.8. The second kappa shape index (κ2) is 22.3. The number of ether oxygens (including phenoxy) is 2. The number of rotatable bonds is 19. The van der Waals surface area contributed by atoms with Crippen molar-refractivity contribution in [2.24, 2.45) is 5.73 Å². The van der Waals surface area contributed by atoms with Crippen LogP contribution in [0.25, 0.3) is 0 Å². The molecule has 0 aliphatic rings. The molecule has 4 N–H and O–H groups in total. The molecular formula is C36H47BrN3O6PS. The number of nitrogens with two attached hydrogens (primary N) is 1. The molecule has 3 aromatic rings. The predicted octanol–water partition coefficient (Wildman–Crippen LogP) is -0.133. The molecular weight excluding hydrogens is 713 g/mol. The Kier molecular flexibility index (Phi) is 19.0. The minimum absolute atomic E-state index is 0. The van der Waals surface area contributed by atoms with Crippen LogP contribution in [0, 0.1) is 0 Å². The SMILES string of the molecule is CCOC(=O)CNC(=O)[C@H](C[SH]=CCCCC[P+](c1ccccc1)(c1ccccc1)c1ccccc1)NC(=O)CC[C@H](N)C(=O)OC.[Br-]. The zero-order valence-corrected chi connectivity index (χ0v) is 30.9. The van der Waals surface area contributed by atoms with Gasteiger partial charge in [-0.3, -0.25) is 19.2 Å². The van der Waals surface area contributed by atoms with Crippen LogP contribution in [0.1, 0.15) is 39.0 Å². The quantitative estimate of drug-likeness (QED) is 0.0440. The van der Waals surface area contributed by atoms with Gasteiger partial charge in [-0.15, -0.1) is 0 Å². The molecule has 3 aromatic carbocycles. The smallest absolute Gasteiger partial charge is 0.325 e. The van der Waals surface area contributed by atoms with E-state index in [1.165, 1.54) is 23.0 Å². The van der Waals surface area contributed by atoms with Crippen LogP contribution >= 0.6 is 18.6 Å². The number of esters is 2. The van der Waals surface area contributed by atoms with E-state index in [0.717, 1.165) is 36.8 Å². The Balaban J connectivity index is 0.00000800. The van der Waals surface area contributed by atoms with Gasteiger partial charge in [0.05, 0.1) is 19.9 Å². The number of carbonyl (C=O) groups excluding carboxylic acids is 4. The van der Waals surface area contributed by atoms with Gasteiger partial charge in [-0.2, -0.15) is 0 Å². The number of benzene rings is 3. The monoisotopic (exact) mass is 759 g/mol. The van der Waals surface area contributed by atoms with E-state index < -0.39 is 43.1 Å². The van der Waals surface area contributed by atoms with Gasteiger partial charge in [0.15, 0.2) is 0 Å². The Hall–Kier alpha value is -3.37. The first-order chi connectivity index (χ1) is 22.8. The Labute approximate surface area is 298 Å². The van der Waals surface area contributed by atoms with Crippen molar-refractivity contribution in [1.29, 1.82) is 0 Å².